The van der Waals surface area contributed by atoms with Gasteiger partial charge in [0.15, 0.2) is 0 Å². The Kier molecular flexibility index (Phi) is 6.58. The molecule has 25 heavy (non-hydrogen) atoms. The van der Waals surface area contributed by atoms with Gasteiger partial charge in [-0.05, 0) is 32.6 Å². The molecule has 140 valence electrons. The number of piperidine rings is 1. The molecule has 0 saturated carbocycles. The zero-order valence-corrected chi connectivity index (χ0v) is 16.0. The molecule has 7 nitrogen and oxygen atoms in total. The van der Waals surface area contributed by atoms with Crippen molar-refractivity contribution in [1.29, 1.82) is 0 Å². The normalized spacial score (nSPS) is 23.2. The van der Waals surface area contributed by atoms with Crippen molar-refractivity contribution in [2.75, 3.05) is 18.4 Å². The van der Waals surface area contributed by atoms with E-state index in [2.05, 4.69) is 36.5 Å². The molecule has 1 aliphatic heterocycles. The molecule has 1 aliphatic rings. The Hall–Kier alpha value is -1.89. The molecule has 2 heterocycles. The van der Waals surface area contributed by atoms with Crippen LogP contribution in [-0.4, -0.2) is 51.7 Å². The van der Waals surface area contributed by atoms with E-state index in [0.29, 0.717) is 5.92 Å². The Balaban J connectivity index is 1.91. The number of anilines is 1. The topological polar surface area (TPSA) is 79.3 Å². The van der Waals surface area contributed by atoms with E-state index < -0.39 is 0 Å². The van der Waals surface area contributed by atoms with Gasteiger partial charge in [-0.2, -0.15) is 5.10 Å². The van der Waals surface area contributed by atoms with Gasteiger partial charge in [0, 0.05) is 32.1 Å². The van der Waals surface area contributed by atoms with Crippen molar-refractivity contribution in [3.63, 3.8) is 0 Å². The number of carbonyl (C=O) groups is 2. The first kappa shape index (κ1) is 19.4. The lowest BCUT2D eigenvalue weighted by atomic mass is 9.93. The highest BCUT2D eigenvalue weighted by Crippen LogP contribution is 2.19. The van der Waals surface area contributed by atoms with Gasteiger partial charge in [-0.1, -0.05) is 13.8 Å². The smallest absolute Gasteiger partial charge is 0.242 e. The Bertz CT molecular complexity index is 600. The summed E-state index contributed by atoms with van der Waals surface area (Å²) in [6.45, 7) is 11.3. The first-order chi connectivity index (χ1) is 11.8. The largest absolute Gasteiger partial charge is 0.343 e. The van der Waals surface area contributed by atoms with Gasteiger partial charge >= 0.3 is 0 Å². The van der Waals surface area contributed by atoms with Crippen LogP contribution in [0.5, 0.6) is 0 Å². The number of carbonyl (C=O) groups excluding carboxylic acids is 2. The van der Waals surface area contributed by atoms with Crippen molar-refractivity contribution in [2.24, 2.45) is 5.92 Å². The maximum atomic E-state index is 12.5. The van der Waals surface area contributed by atoms with E-state index in [9.17, 15) is 9.59 Å². The second-order valence-electron chi connectivity index (χ2n) is 7.13. The molecule has 0 aliphatic carbocycles. The van der Waals surface area contributed by atoms with Crippen LogP contribution in [0.15, 0.2) is 12.3 Å². The molecule has 7 heteroatoms. The predicted molar refractivity (Wildman–Crippen MR) is 98.3 cm³/mol. The van der Waals surface area contributed by atoms with Gasteiger partial charge in [0.25, 0.3) is 0 Å². The Morgan fingerprint density at radius 3 is 2.72 bits per heavy atom. The SMILES string of the molecule is CC[C@H](C)n1nccc1NC(=O)[C@H](C)N[C@H]1CCN(C(C)=O)C[C@H]1C. The van der Waals surface area contributed by atoms with Crippen molar-refractivity contribution >= 4 is 17.6 Å². The van der Waals surface area contributed by atoms with E-state index in [1.165, 1.54) is 0 Å². The van der Waals surface area contributed by atoms with Crippen LogP contribution in [0.4, 0.5) is 5.82 Å². The lowest BCUT2D eigenvalue weighted by molar-refractivity contribution is -0.131. The Morgan fingerprint density at radius 1 is 1.40 bits per heavy atom. The van der Waals surface area contributed by atoms with Crippen molar-refractivity contribution in [2.45, 2.75) is 65.6 Å². The molecule has 1 aromatic heterocycles. The minimum absolute atomic E-state index is 0.0637. The summed E-state index contributed by atoms with van der Waals surface area (Å²) in [4.78, 5) is 25.9. The maximum Gasteiger partial charge on any atom is 0.242 e. The molecule has 1 aromatic rings. The standard InChI is InChI=1S/C18H31N5O2/c1-6-13(3)23-17(7-9-19-23)21-18(25)14(4)20-16-8-10-22(15(5)24)11-12(16)2/h7,9,12-14,16,20H,6,8,10-11H2,1-5H3,(H,21,25)/t12-,13+,14+,16+/m1/s1. The number of rotatable bonds is 6. The minimum atomic E-state index is -0.309. The molecule has 0 spiro atoms. The fourth-order valence-electron chi connectivity index (χ4n) is 3.25. The Morgan fingerprint density at radius 2 is 2.12 bits per heavy atom. The van der Waals surface area contributed by atoms with Crippen LogP contribution in [-0.2, 0) is 9.59 Å². The van der Waals surface area contributed by atoms with Crippen molar-refractivity contribution in [3.05, 3.63) is 12.3 Å². The van der Waals surface area contributed by atoms with Crippen LogP contribution < -0.4 is 10.6 Å². The van der Waals surface area contributed by atoms with E-state index >= 15 is 0 Å². The van der Waals surface area contributed by atoms with Crippen molar-refractivity contribution in [3.8, 4) is 0 Å². The fourth-order valence-corrected chi connectivity index (χ4v) is 3.25. The Labute approximate surface area is 150 Å². The number of nitrogens with zero attached hydrogens (tertiary/aromatic N) is 3. The van der Waals surface area contributed by atoms with Crippen molar-refractivity contribution < 1.29 is 9.59 Å². The molecular weight excluding hydrogens is 318 g/mol. The monoisotopic (exact) mass is 349 g/mol. The molecule has 0 aromatic carbocycles. The minimum Gasteiger partial charge on any atom is -0.343 e. The van der Waals surface area contributed by atoms with E-state index in [1.807, 2.05) is 22.6 Å². The van der Waals surface area contributed by atoms with E-state index in [0.717, 1.165) is 31.7 Å². The summed E-state index contributed by atoms with van der Waals surface area (Å²) in [5.41, 5.74) is 0. The lowest BCUT2D eigenvalue weighted by Gasteiger charge is -2.38. The summed E-state index contributed by atoms with van der Waals surface area (Å²) in [5.74, 6) is 1.10. The van der Waals surface area contributed by atoms with Gasteiger partial charge in [-0.15, -0.1) is 0 Å². The van der Waals surface area contributed by atoms with Crippen LogP contribution in [0.25, 0.3) is 0 Å². The van der Waals surface area contributed by atoms with E-state index in [1.54, 1.807) is 13.1 Å². The highest BCUT2D eigenvalue weighted by molar-refractivity contribution is 5.93. The number of aromatic nitrogens is 2. The van der Waals surface area contributed by atoms with Gasteiger partial charge in [0.2, 0.25) is 11.8 Å². The second-order valence-corrected chi connectivity index (χ2v) is 7.13. The van der Waals surface area contributed by atoms with Crippen LogP contribution in [0, 0.1) is 5.92 Å². The summed E-state index contributed by atoms with van der Waals surface area (Å²) in [6, 6.07) is 1.99. The first-order valence-corrected chi connectivity index (χ1v) is 9.19. The number of hydrogen-bond acceptors (Lipinski definition) is 4. The molecule has 0 radical (unpaired) electrons. The number of amides is 2. The molecule has 0 bridgehead atoms. The summed E-state index contributed by atoms with van der Waals surface area (Å²) >= 11 is 0. The van der Waals surface area contributed by atoms with Crippen LogP contribution in [0.3, 0.4) is 0 Å². The first-order valence-electron chi connectivity index (χ1n) is 9.19. The average molecular weight is 349 g/mol. The zero-order chi connectivity index (χ0) is 18.6. The van der Waals surface area contributed by atoms with Gasteiger partial charge in [-0.25, -0.2) is 4.68 Å². The van der Waals surface area contributed by atoms with Gasteiger partial charge in [0.05, 0.1) is 18.3 Å². The molecular formula is C18H31N5O2. The number of hydrogen-bond donors (Lipinski definition) is 2. The molecule has 2 amide bonds. The summed E-state index contributed by atoms with van der Waals surface area (Å²) < 4.78 is 1.85. The van der Waals surface area contributed by atoms with Crippen LogP contribution >= 0.6 is 0 Å². The average Bonchev–Trinajstić information content (AvgIpc) is 3.03. The zero-order valence-electron chi connectivity index (χ0n) is 16.0. The lowest BCUT2D eigenvalue weighted by Crippen LogP contribution is -2.53. The molecule has 1 fully saturated rings. The highest BCUT2D eigenvalue weighted by atomic mass is 16.2. The number of nitrogens with one attached hydrogen (secondary N) is 2. The number of likely N-dealkylation sites (tertiary alicyclic amines) is 1. The highest BCUT2D eigenvalue weighted by Gasteiger charge is 2.29. The van der Waals surface area contributed by atoms with Gasteiger partial charge in [-0.3, -0.25) is 9.59 Å². The van der Waals surface area contributed by atoms with E-state index in [-0.39, 0.29) is 29.9 Å². The summed E-state index contributed by atoms with van der Waals surface area (Å²) in [6.07, 6.45) is 3.52. The van der Waals surface area contributed by atoms with Crippen LogP contribution in [0.2, 0.25) is 0 Å². The molecule has 4 atom stereocenters. The second kappa shape index (κ2) is 8.47. The van der Waals surface area contributed by atoms with E-state index in [4.69, 9.17) is 0 Å². The van der Waals surface area contributed by atoms with Gasteiger partial charge < -0.3 is 15.5 Å². The van der Waals surface area contributed by atoms with Crippen molar-refractivity contribution in [1.82, 2.24) is 20.0 Å². The molecule has 0 unspecified atom stereocenters. The third-order valence-electron chi connectivity index (χ3n) is 5.14. The fraction of sp³-hybridized carbons (Fsp3) is 0.722. The molecule has 1 saturated heterocycles. The quantitative estimate of drug-likeness (QED) is 0.823. The summed E-state index contributed by atoms with van der Waals surface area (Å²) in [7, 11) is 0. The van der Waals surface area contributed by atoms with Gasteiger partial charge in [0.1, 0.15) is 5.82 Å². The third kappa shape index (κ3) is 4.81. The third-order valence-corrected chi connectivity index (χ3v) is 5.14. The van der Waals surface area contributed by atoms with Crippen LogP contribution in [0.1, 0.15) is 53.5 Å². The molecule has 2 rings (SSSR count). The maximum absolute atomic E-state index is 12.5. The predicted octanol–water partition coefficient (Wildman–Crippen LogP) is 2.03. The summed E-state index contributed by atoms with van der Waals surface area (Å²) in [5, 5.41) is 10.7. The molecule has 2 N–H and O–H groups in total.